The Morgan fingerprint density at radius 1 is 1.44 bits per heavy atom. The Morgan fingerprint density at radius 2 is 2.17 bits per heavy atom. The van der Waals surface area contributed by atoms with Gasteiger partial charge in [-0.1, -0.05) is 0 Å². The van der Waals surface area contributed by atoms with Crippen LogP contribution in [0.4, 0.5) is 5.69 Å². The van der Waals surface area contributed by atoms with E-state index in [2.05, 4.69) is 0 Å². The van der Waals surface area contributed by atoms with E-state index in [-0.39, 0.29) is 43.2 Å². The molecule has 7 heteroatoms. The molecule has 0 fully saturated rings. The lowest BCUT2D eigenvalue weighted by Crippen LogP contribution is -2.09. The van der Waals surface area contributed by atoms with Gasteiger partial charge in [0.05, 0.1) is 23.7 Å². The van der Waals surface area contributed by atoms with Crippen LogP contribution in [0.3, 0.4) is 0 Å². The molecular weight excluding hydrogens is 240 g/mol. The van der Waals surface area contributed by atoms with E-state index in [9.17, 15) is 15.2 Å². The second kappa shape index (κ2) is 6.90. The lowest BCUT2D eigenvalue weighted by atomic mass is 10.0. The maximum absolute atomic E-state index is 10.8. The number of ether oxygens (including phenoxy) is 1. The van der Waals surface area contributed by atoms with Crippen LogP contribution in [0.5, 0.6) is 5.75 Å². The Balaban J connectivity index is 3.06. The highest BCUT2D eigenvalue weighted by atomic mass is 16.6. The van der Waals surface area contributed by atoms with Crippen molar-refractivity contribution in [3.05, 3.63) is 33.4 Å². The second-order valence-electron chi connectivity index (χ2n) is 3.64. The maximum Gasteiger partial charge on any atom is 0.278 e. The van der Waals surface area contributed by atoms with E-state index in [1.54, 1.807) is 0 Å². The number of hydrogen-bond donors (Lipinski definition) is 3. The van der Waals surface area contributed by atoms with Gasteiger partial charge >= 0.3 is 0 Å². The van der Waals surface area contributed by atoms with Crippen LogP contribution in [-0.2, 0) is 17.8 Å². The quantitative estimate of drug-likeness (QED) is 0.367. The Morgan fingerprint density at radius 3 is 2.72 bits per heavy atom. The van der Waals surface area contributed by atoms with Gasteiger partial charge in [-0.25, -0.2) is 0 Å². The fraction of sp³-hybridized carbons (Fsp3) is 0.455. The number of hydrogen-bond acceptors (Lipinski definition) is 6. The topological polar surface area (TPSA) is 119 Å². The maximum atomic E-state index is 10.8. The highest BCUT2D eigenvalue weighted by Gasteiger charge is 2.20. The number of phenolic OH excluding ortho intramolecular Hbond substituents is 1. The van der Waals surface area contributed by atoms with Crippen molar-refractivity contribution in [1.82, 2.24) is 0 Å². The lowest BCUT2D eigenvalue weighted by molar-refractivity contribution is -0.386. The normalized spacial score (nSPS) is 10.6. The number of benzene rings is 1. The van der Waals surface area contributed by atoms with Crippen molar-refractivity contribution in [3.8, 4) is 5.75 Å². The van der Waals surface area contributed by atoms with E-state index in [1.165, 1.54) is 12.1 Å². The van der Waals surface area contributed by atoms with E-state index < -0.39 is 4.92 Å². The molecule has 0 atom stereocenters. The van der Waals surface area contributed by atoms with Gasteiger partial charge in [-0.2, -0.15) is 0 Å². The van der Waals surface area contributed by atoms with Crippen LogP contribution in [0.2, 0.25) is 0 Å². The zero-order valence-corrected chi connectivity index (χ0v) is 9.83. The van der Waals surface area contributed by atoms with E-state index in [0.717, 1.165) is 0 Å². The van der Waals surface area contributed by atoms with Crippen molar-refractivity contribution < 1.29 is 19.9 Å². The van der Waals surface area contributed by atoms with E-state index in [1.807, 2.05) is 0 Å². The number of nitro benzene ring substituents is 1. The summed E-state index contributed by atoms with van der Waals surface area (Å²) in [7, 11) is 0. The predicted molar refractivity (Wildman–Crippen MR) is 64.3 cm³/mol. The van der Waals surface area contributed by atoms with Gasteiger partial charge in [0.1, 0.15) is 5.75 Å². The number of nitro groups is 1. The van der Waals surface area contributed by atoms with Gasteiger partial charge in [-0.3, -0.25) is 10.1 Å². The van der Waals surface area contributed by atoms with Crippen LogP contribution < -0.4 is 5.73 Å². The molecule has 100 valence electrons. The van der Waals surface area contributed by atoms with Gasteiger partial charge in [-0.15, -0.1) is 0 Å². The van der Waals surface area contributed by atoms with Crippen molar-refractivity contribution >= 4 is 5.69 Å². The minimum atomic E-state index is -0.580. The molecule has 0 unspecified atom stereocenters. The van der Waals surface area contributed by atoms with Gasteiger partial charge in [0, 0.05) is 19.2 Å². The molecule has 7 nitrogen and oxygen atoms in total. The summed E-state index contributed by atoms with van der Waals surface area (Å²) in [4.78, 5) is 10.3. The largest absolute Gasteiger partial charge is 0.507 e. The smallest absolute Gasteiger partial charge is 0.278 e. The molecule has 0 saturated carbocycles. The second-order valence-corrected chi connectivity index (χ2v) is 3.64. The molecule has 18 heavy (non-hydrogen) atoms. The number of aromatic hydroxyl groups is 1. The highest BCUT2D eigenvalue weighted by molar-refractivity contribution is 5.53. The zero-order chi connectivity index (χ0) is 13.5. The summed E-state index contributed by atoms with van der Waals surface area (Å²) < 4.78 is 5.12. The molecule has 1 aromatic rings. The first-order chi connectivity index (χ1) is 8.61. The first kappa shape index (κ1) is 14.4. The van der Waals surface area contributed by atoms with Crippen molar-refractivity contribution in [3.63, 3.8) is 0 Å². The molecule has 4 N–H and O–H groups in total. The molecule has 0 aliphatic carbocycles. The van der Waals surface area contributed by atoms with Crippen LogP contribution >= 0.6 is 0 Å². The fourth-order valence-corrected chi connectivity index (χ4v) is 1.57. The summed E-state index contributed by atoms with van der Waals surface area (Å²) in [5.41, 5.74) is 5.61. The number of nitrogens with two attached hydrogens (primary N) is 1. The Hall–Kier alpha value is -1.70. The third-order valence-electron chi connectivity index (χ3n) is 2.43. The Kier molecular flexibility index (Phi) is 5.50. The number of aliphatic hydroxyl groups is 1. The third kappa shape index (κ3) is 3.39. The van der Waals surface area contributed by atoms with E-state index in [4.69, 9.17) is 15.6 Å². The summed E-state index contributed by atoms with van der Waals surface area (Å²) in [6, 6.07) is 2.72. The molecule has 0 aromatic heterocycles. The number of phenols is 1. The number of nitrogens with zero attached hydrogens (tertiary/aromatic N) is 1. The molecule has 1 rings (SSSR count). The van der Waals surface area contributed by atoms with E-state index in [0.29, 0.717) is 12.1 Å². The van der Waals surface area contributed by atoms with Crippen molar-refractivity contribution in [1.29, 1.82) is 0 Å². The standard InChI is InChI=1S/C11H16N2O5/c12-4-6-18-7-9-10(13(16)17)2-1-8(3-5-14)11(9)15/h1-2,14-15H,3-7,12H2. The molecule has 0 amide bonds. The van der Waals surface area contributed by atoms with Gasteiger partial charge in [0.25, 0.3) is 5.69 Å². The molecule has 0 saturated heterocycles. The van der Waals surface area contributed by atoms with Gasteiger partial charge < -0.3 is 20.7 Å². The zero-order valence-electron chi connectivity index (χ0n) is 9.83. The molecule has 0 bridgehead atoms. The Bertz CT molecular complexity index is 422. The molecule has 0 aliphatic heterocycles. The van der Waals surface area contributed by atoms with Crippen LogP contribution in [0.25, 0.3) is 0 Å². The van der Waals surface area contributed by atoms with Crippen molar-refractivity contribution in [2.75, 3.05) is 19.8 Å². The van der Waals surface area contributed by atoms with E-state index >= 15 is 0 Å². The number of aliphatic hydroxyl groups excluding tert-OH is 1. The fourth-order valence-electron chi connectivity index (χ4n) is 1.57. The van der Waals surface area contributed by atoms with Gasteiger partial charge in [0.15, 0.2) is 0 Å². The molecule has 1 aromatic carbocycles. The number of rotatable bonds is 7. The van der Waals surface area contributed by atoms with Crippen LogP contribution in [0.15, 0.2) is 12.1 Å². The van der Waals surface area contributed by atoms with Crippen LogP contribution in [0, 0.1) is 10.1 Å². The first-order valence-electron chi connectivity index (χ1n) is 5.48. The summed E-state index contributed by atoms with van der Waals surface area (Å²) >= 11 is 0. The van der Waals surface area contributed by atoms with Crippen LogP contribution in [0.1, 0.15) is 11.1 Å². The van der Waals surface area contributed by atoms with Crippen molar-refractivity contribution in [2.45, 2.75) is 13.0 Å². The molecule has 0 radical (unpaired) electrons. The average Bonchev–Trinajstić information content (AvgIpc) is 2.33. The molecular formula is C11H16N2O5. The summed E-state index contributed by atoms with van der Waals surface area (Å²) in [5, 5.41) is 29.6. The highest BCUT2D eigenvalue weighted by Crippen LogP contribution is 2.32. The third-order valence-corrected chi connectivity index (χ3v) is 2.43. The van der Waals surface area contributed by atoms with Crippen LogP contribution in [-0.4, -0.2) is 34.9 Å². The van der Waals surface area contributed by atoms with Gasteiger partial charge in [0.2, 0.25) is 0 Å². The summed E-state index contributed by atoms with van der Waals surface area (Å²) in [5.74, 6) is -0.199. The molecule has 0 aliphatic rings. The summed E-state index contributed by atoms with van der Waals surface area (Å²) in [6.45, 7) is 0.318. The monoisotopic (exact) mass is 256 g/mol. The predicted octanol–water partition coefficient (Wildman–Crippen LogP) is 0.310. The Labute approximate surface area is 104 Å². The molecule has 0 spiro atoms. The minimum absolute atomic E-state index is 0.0847. The van der Waals surface area contributed by atoms with Gasteiger partial charge in [-0.05, 0) is 18.1 Å². The van der Waals surface area contributed by atoms with Crippen molar-refractivity contribution in [2.24, 2.45) is 5.73 Å². The lowest BCUT2D eigenvalue weighted by Gasteiger charge is -2.10. The molecule has 0 heterocycles. The minimum Gasteiger partial charge on any atom is -0.507 e. The average molecular weight is 256 g/mol. The SMILES string of the molecule is NCCOCc1c([N+](=O)[O-])ccc(CCO)c1O. The summed E-state index contributed by atoms with van der Waals surface area (Å²) in [6.07, 6.45) is 0.230. The first-order valence-corrected chi connectivity index (χ1v) is 5.48.